The van der Waals surface area contributed by atoms with Crippen molar-refractivity contribution in [2.75, 3.05) is 12.1 Å². The summed E-state index contributed by atoms with van der Waals surface area (Å²) in [6.45, 7) is 2.00. The molecule has 1 aliphatic heterocycles. The largest absolute Gasteiger partial charge is 0.454 e. The lowest BCUT2D eigenvalue weighted by Crippen LogP contribution is -2.22. The van der Waals surface area contributed by atoms with Gasteiger partial charge in [0.05, 0.1) is 5.25 Å². The zero-order valence-corrected chi connectivity index (χ0v) is 12.7. The highest BCUT2D eigenvalue weighted by Gasteiger charge is 2.17. The molecule has 1 aliphatic rings. The molecule has 0 saturated carbocycles. The van der Waals surface area contributed by atoms with E-state index in [1.807, 2.05) is 0 Å². The van der Waals surface area contributed by atoms with Crippen LogP contribution in [0.1, 0.15) is 6.92 Å². The molecular weight excluding hydrogens is 305 g/mol. The average molecular weight is 319 g/mol. The topological polar surface area (TPSA) is 47.6 Å². The molecule has 0 aromatic heterocycles. The minimum Gasteiger partial charge on any atom is -0.454 e. The fourth-order valence-corrected chi connectivity index (χ4v) is 2.86. The Balaban J connectivity index is 1.62. The molecule has 0 spiro atoms. The number of carbonyl (C=O) groups excluding carboxylic acids is 1. The molecule has 0 fully saturated rings. The first-order valence-corrected chi connectivity index (χ1v) is 7.62. The van der Waals surface area contributed by atoms with Crippen molar-refractivity contribution in [1.82, 2.24) is 0 Å². The van der Waals surface area contributed by atoms with Gasteiger partial charge < -0.3 is 14.8 Å². The average Bonchev–Trinajstić information content (AvgIpc) is 2.97. The number of carbonyl (C=O) groups is 1. The molecule has 6 heteroatoms. The third-order valence-corrected chi connectivity index (χ3v) is 4.25. The first kappa shape index (κ1) is 14.7. The van der Waals surface area contributed by atoms with Crippen molar-refractivity contribution in [2.24, 2.45) is 0 Å². The predicted octanol–water partition coefficient (Wildman–Crippen LogP) is 3.67. The monoisotopic (exact) mass is 319 g/mol. The Labute approximate surface area is 131 Å². The van der Waals surface area contributed by atoms with E-state index in [1.54, 1.807) is 37.3 Å². The van der Waals surface area contributed by atoms with E-state index >= 15 is 0 Å². The van der Waals surface area contributed by atoms with Crippen LogP contribution >= 0.6 is 11.8 Å². The van der Waals surface area contributed by atoms with Gasteiger partial charge in [0.2, 0.25) is 12.7 Å². The van der Waals surface area contributed by atoms with Gasteiger partial charge in [-0.2, -0.15) is 0 Å². The second kappa shape index (κ2) is 6.27. The summed E-state index contributed by atoms with van der Waals surface area (Å²) in [6.07, 6.45) is 0. The normalized spacial score (nSPS) is 13.7. The standard InChI is InChI=1S/C16H14FNO3S/c1-10(22-13-5-2-11(17)3-6-13)16(19)18-12-4-7-14-15(8-12)21-9-20-14/h2-8,10H,9H2,1H3,(H,18,19). The molecule has 0 radical (unpaired) electrons. The quantitative estimate of drug-likeness (QED) is 0.874. The highest BCUT2D eigenvalue weighted by atomic mass is 32.2. The number of benzene rings is 2. The minimum absolute atomic E-state index is 0.131. The molecule has 1 amide bonds. The van der Waals surface area contributed by atoms with Crippen molar-refractivity contribution in [3.8, 4) is 11.5 Å². The van der Waals surface area contributed by atoms with E-state index in [-0.39, 0.29) is 23.8 Å². The number of nitrogens with one attached hydrogen (secondary N) is 1. The van der Waals surface area contributed by atoms with Gasteiger partial charge in [-0.05, 0) is 43.3 Å². The fourth-order valence-electron chi connectivity index (χ4n) is 1.99. The van der Waals surface area contributed by atoms with Crippen molar-refractivity contribution in [3.63, 3.8) is 0 Å². The van der Waals surface area contributed by atoms with E-state index in [2.05, 4.69) is 5.32 Å². The van der Waals surface area contributed by atoms with Gasteiger partial charge in [-0.25, -0.2) is 4.39 Å². The van der Waals surface area contributed by atoms with E-state index in [0.29, 0.717) is 17.2 Å². The molecule has 1 N–H and O–H groups in total. The van der Waals surface area contributed by atoms with E-state index in [9.17, 15) is 9.18 Å². The molecule has 4 nitrogen and oxygen atoms in total. The molecule has 1 atom stereocenters. The summed E-state index contributed by atoms with van der Waals surface area (Å²) in [7, 11) is 0. The van der Waals surface area contributed by atoms with E-state index in [4.69, 9.17) is 9.47 Å². The summed E-state index contributed by atoms with van der Waals surface area (Å²) in [5.74, 6) is 0.874. The predicted molar refractivity (Wildman–Crippen MR) is 82.9 cm³/mol. The highest BCUT2D eigenvalue weighted by Crippen LogP contribution is 2.34. The first-order valence-electron chi connectivity index (χ1n) is 6.74. The van der Waals surface area contributed by atoms with Crippen LogP contribution in [-0.2, 0) is 4.79 Å². The van der Waals surface area contributed by atoms with Gasteiger partial charge in [-0.15, -0.1) is 11.8 Å². The Hall–Kier alpha value is -2.21. The Morgan fingerprint density at radius 2 is 1.91 bits per heavy atom. The number of hydrogen-bond acceptors (Lipinski definition) is 4. The number of hydrogen-bond donors (Lipinski definition) is 1. The summed E-state index contributed by atoms with van der Waals surface area (Å²) in [5, 5.41) is 2.52. The second-order valence-corrected chi connectivity index (χ2v) is 6.19. The molecule has 0 bridgehead atoms. The zero-order chi connectivity index (χ0) is 15.5. The molecule has 2 aromatic carbocycles. The molecule has 0 saturated heterocycles. The SMILES string of the molecule is CC(Sc1ccc(F)cc1)C(=O)Nc1ccc2c(c1)OCO2. The molecule has 114 valence electrons. The third-order valence-electron chi connectivity index (χ3n) is 3.14. The first-order chi connectivity index (χ1) is 10.6. The summed E-state index contributed by atoms with van der Waals surface area (Å²) in [6, 6.07) is 11.3. The van der Waals surface area contributed by atoms with Gasteiger partial charge in [-0.1, -0.05) is 0 Å². The smallest absolute Gasteiger partial charge is 0.237 e. The van der Waals surface area contributed by atoms with Crippen molar-refractivity contribution in [1.29, 1.82) is 0 Å². The van der Waals surface area contributed by atoms with Crippen LogP contribution in [0.4, 0.5) is 10.1 Å². The lowest BCUT2D eigenvalue weighted by atomic mass is 10.2. The van der Waals surface area contributed by atoms with Crippen LogP contribution in [0, 0.1) is 5.82 Å². The molecular formula is C16H14FNO3S. The van der Waals surface area contributed by atoms with Crippen molar-refractivity contribution < 1.29 is 18.7 Å². The van der Waals surface area contributed by atoms with E-state index in [0.717, 1.165) is 4.90 Å². The van der Waals surface area contributed by atoms with Crippen LogP contribution in [0.15, 0.2) is 47.4 Å². The van der Waals surface area contributed by atoms with E-state index < -0.39 is 0 Å². The van der Waals surface area contributed by atoms with Gasteiger partial charge in [0.15, 0.2) is 11.5 Å². The number of fused-ring (bicyclic) bond motifs is 1. The number of ether oxygens (including phenoxy) is 2. The molecule has 3 rings (SSSR count). The van der Waals surface area contributed by atoms with Gasteiger partial charge in [-0.3, -0.25) is 4.79 Å². The highest BCUT2D eigenvalue weighted by molar-refractivity contribution is 8.00. The van der Waals surface area contributed by atoms with Gasteiger partial charge in [0.1, 0.15) is 5.82 Å². The Morgan fingerprint density at radius 1 is 1.18 bits per heavy atom. The number of rotatable bonds is 4. The summed E-state index contributed by atoms with van der Waals surface area (Å²) >= 11 is 1.37. The van der Waals surface area contributed by atoms with Gasteiger partial charge in [0.25, 0.3) is 0 Å². The Morgan fingerprint density at radius 3 is 2.68 bits per heavy atom. The molecule has 22 heavy (non-hydrogen) atoms. The Kier molecular flexibility index (Phi) is 4.20. The van der Waals surface area contributed by atoms with Crippen LogP contribution in [-0.4, -0.2) is 18.0 Å². The van der Waals surface area contributed by atoms with Crippen LogP contribution in [0.2, 0.25) is 0 Å². The lowest BCUT2D eigenvalue weighted by Gasteiger charge is -2.12. The maximum Gasteiger partial charge on any atom is 0.237 e. The summed E-state index contributed by atoms with van der Waals surface area (Å²) in [4.78, 5) is 13.0. The maximum absolute atomic E-state index is 12.9. The van der Waals surface area contributed by atoms with Crippen LogP contribution in [0.3, 0.4) is 0 Å². The van der Waals surface area contributed by atoms with Crippen molar-refractivity contribution >= 4 is 23.4 Å². The molecule has 0 aliphatic carbocycles. The van der Waals surface area contributed by atoms with Crippen molar-refractivity contribution in [2.45, 2.75) is 17.1 Å². The molecule has 1 unspecified atom stereocenters. The lowest BCUT2D eigenvalue weighted by molar-refractivity contribution is -0.115. The zero-order valence-electron chi connectivity index (χ0n) is 11.8. The van der Waals surface area contributed by atoms with E-state index in [1.165, 1.54) is 23.9 Å². The fraction of sp³-hybridized carbons (Fsp3) is 0.188. The molecule has 2 aromatic rings. The number of anilines is 1. The number of halogens is 1. The number of amides is 1. The van der Waals surface area contributed by atoms with Crippen LogP contribution in [0.25, 0.3) is 0 Å². The minimum atomic E-state index is -0.309. The molecule has 1 heterocycles. The van der Waals surface area contributed by atoms with Gasteiger partial charge in [0, 0.05) is 16.6 Å². The van der Waals surface area contributed by atoms with Crippen molar-refractivity contribution in [3.05, 3.63) is 48.3 Å². The van der Waals surface area contributed by atoms with Crippen LogP contribution in [0.5, 0.6) is 11.5 Å². The third kappa shape index (κ3) is 3.33. The number of thioether (sulfide) groups is 1. The second-order valence-electron chi connectivity index (χ2n) is 4.77. The van der Waals surface area contributed by atoms with Gasteiger partial charge >= 0.3 is 0 Å². The Bertz CT molecular complexity index is 690. The van der Waals surface area contributed by atoms with Crippen LogP contribution < -0.4 is 14.8 Å². The summed E-state index contributed by atoms with van der Waals surface area (Å²) < 4.78 is 23.4. The maximum atomic E-state index is 12.9. The summed E-state index contributed by atoms with van der Waals surface area (Å²) in [5.41, 5.74) is 0.654.